The summed E-state index contributed by atoms with van der Waals surface area (Å²) in [6.07, 6.45) is 0. The molecule has 1 heterocycles. The molecule has 2 aromatic rings. The van der Waals surface area contributed by atoms with Gasteiger partial charge in [0, 0.05) is 11.1 Å². The Morgan fingerprint density at radius 1 is 1.25 bits per heavy atom. The molecule has 1 aromatic carbocycles. The standard InChI is InChI=1S/C15H22N4O/c1-14(2,3)12-18-10-7-6-9(8-11(10)19-12)17-13(20)15(4,5)16/h6-8H,16H2,1-5H3,(H,17,20)(H,18,19). The minimum Gasteiger partial charge on any atom is -0.341 e. The first kappa shape index (κ1) is 14.5. The van der Waals surface area contributed by atoms with Gasteiger partial charge in [-0.1, -0.05) is 20.8 Å². The van der Waals surface area contributed by atoms with Crippen LogP contribution in [0, 0.1) is 0 Å². The lowest BCUT2D eigenvalue weighted by Gasteiger charge is -2.17. The van der Waals surface area contributed by atoms with Crippen LogP contribution in [-0.2, 0) is 10.2 Å². The molecule has 5 heteroatoms. The minimum absolute atomic E-state index is 0.0400. The van der Waals surface area contributed by atoms with E-state index in [4.69, 9.17) is 5.73 Å². The van der Waals surface area contributed by atoms with E-state index < -0.39 is 5.54 Å². The molecular formula is C15H22N4O. The zero-order valence-corrected chi connectivity index (χ0v) is 12.7. The largest absolute Gasteiger partial charge is 0.341 e. The van der Waals surface area contributed by atoms with Gasteiger partial charge >= 0.3 is 0 Å². The average molecular weight is 274 g/mol. The lowest BCUT2D eigenvalue weighted by Crippen LogP contribution is -2.45. The lowest BCUT2D eigenvalue weighted by molar-refractivity contribution is -0.120. The summed E-state index contributed by atoms with van der Waals surface area (Å²) in [6, 6.07) is 5.60. The van der Waals surface area contributed by atoms with Crippen molar-refractivity contribution in [3.8, 4) is 0 Å². The third kappa shape index (κ3) is 2.99. The highest BCUT2D eigenvalue weighted by Gasteiger charge is 2.22. The summed E-state index contributed by atoms with van der Waals surface area (Å²) in [4.78, 5) is 19.7. The van der Waals surface area contributed by atoms with Gasteiger partial charge in [0.05, 0.1) is 16.6 Å². The fraction of sp³-hybridized carbons (Fsp3) is 0.467. The van der Waals surface area contributed by atoms with Crippen molar-refractivity contribution in [2.75, 3.05) is 5.32 Å². The Hall–Kier alpha value is -1.88. The average Bonchev–Trinajstić information content (AvgIpc) is 2.70. The van der Waals surface area contributed by atoms with Gasteiger partial charge in [0.1, 0.15) is 5.82 Å². The first-order valence-corrected chi connectivity index (χ1v) is 6.68. The summed E-state index contributed by atoms with van der Waals surface area (Å²) < 4.78 is 0. The number of aromatic amines is 1. The summed E-state index contributed by atoms with van der Waals surface area (Å²) in [5.74, 6) is 0.711. The number of amides is 1. The van der Waals surface area contributed by atoms with Gasteiger partial charge in [0.15, 0.2) is 0 Å². The van der Waals surface area contributed by atoms with E-state index in [1.165, 1.54) is 0 Å². The fourth-order valence-electron chi connectivity index (χ4n) is 1.73. The molecule has 0 atom stereocenters. The number of imidazole rings is 1. The number of nitrogens with zero attached hydrogens (tertiary/aromatic N) is 1. The zero-order valence-electron chi connectivity index (χ0n) is 12.7. The summed E-state index contributed by atoms with van der Waals surface area (Å²) in [5, 5.41) is 2.81. The molecule has 0 radical (unpaired) electrons. The normalized spacial score (nSPS) is 12.7. The van der Waals surface area contributed by atoms with Crippen molar-refractivity contribution in [3.05, 3.63) is 24.0 Å². The summed E-state index contributed by atoms with van der Waals surface area (Å²) in [7, 11) is 0. The Morgan fingerprint density at radius 2 is 1.90 bits per heavy atom. The molecule has 0 aliphatic heterocycles. The van der Waals surface area contributed by atoms with Gasteiger partial charge in [0.2, 0.25) is 5.91 Å². The van der Waals surface area contributed by atoms with Gasteiger partial charge in [-0.15, -0.1) is 0 Å². The summed E-state index contributed by atoms with van der Waals surface area (Å²) in [5.41, 5.74) is 7.33. The van der Waals surface area contributed by atoms with E-state index in [1.54, 1.807) is 13.8 Å². The van der Waals surface area contributed by atoms with Gasteiger partial charge < -0.3 is 16.0 Å². The number of rotatable bonds is 2. The Kier molecular flexibility index (Phi) is 3.34. The third-order valence-corrected chi connectivity index (χ3v) is 3.04. The number of nitrogens with one attached hydrogen (secondary N) is 2. The Labute approximate surface area is 119 Å². The second-order valence-corrected chi connectivity index (χ2v) is 6.74. The third-order valence-electron chi connectivity index (χ3n) is 3.04. The van der Waals surface area contributed by atoms with Crippen LogP contribution in [0.5, 0.6) is 0 Å². The predicted molar refractivity (Wildman–Crippen MR) is 81.7 cm³/mol. The van der Waals surface area contributed by atoms with Gasteiger partial charge in [-0.3, -0.25) is 4.79 Å². The Balaban J connectivity index is 2.32. The number of H-pyrrole nitrogens is 1. The number of nitrogens with two attached hydrogens (primary N) is 1. The van der Waals surface area contributed by atoms with E-state index in [0.29, 0.717) is 5.69 Å². The highest BCUT2D eigenvalue weighted by Crippen LogP contribution is 2.24. The van der Waals surface area contributed by atoms with E-state index in [-0.39, 0.29) is 11.3 Å². The van der Waals surface area contributed by atoms with Crippen molar-refractivity contribution in [2.45, 2.75) is 45.6 Å². The van der Waals surface area contributed by atoms with Gasteiger partial charge in [0.25, 0.3) is 0 Å². The summed E-state index contributed by atoms with van der Waals surface area (Å²) in [6.45, 7) is 9.66. The molecule has 2 rings (SSSR count). The van der Waals surface area contributed by atoms with Crippen molar-refractivity contribution in [1.29, 1.82) is 0 Å². The molecular weight excluding hydrogens is 252 g/mol. The molecule has 0 aliphatic rings. The van der Waals surface area contributed by atoms with Crippen molar-refractivity contribution in [2.24, 2.45) is 5.73 Å². The number of carbonyl (C=O) groups is 1. The zero-order chi connectivity index (χ0) is 15.1. The quantitative estimate of drug-likeness (QED) is 0.786. The maximum absolute atomic E-state index is 11.9. The number of hydrogen-bond acceptors (Lipinski definition) is 3. The van der Waals surface area contributed by atoms with Crippen molar-refractivity contribution in [3.63, 3.8) is 0 Å². The maximum Gasteiger partial charge on any atom is 0.243 e. The van der Waals surface area contributed by atoms with Crippen LogP contribution in [0.4, 0.5) is 5.69 Å². The second kappa shape index (κ2) is 4.59. The van der Waals surface area contributed by atoms with Gasteiger partial charge in [-0.2, -0.15) is 0 Å². The highest BCUT2D eigenvalue weighted by molar-refractivity contribution is 5.98. The van der Waals surface area contributed by atoms with Crippen molar-refractivity contribution < 1.29 is 4.79 Å². The van der Waals surface area contributed by atoms with Gasteiger partial charge in [-0.05, 0) is 32.0 Å². The van der Waals surface area contributed by atoms with Crippen molar-refractivity contribution in [1.82, 2.24) is 9.97 Å². The molecule has 20 heavy (non-hydrogen) atoms. The minimum atomic E-state index is -0.903. The monoisotopic (exact) mass is 274 g/mol. The van der Waals surface area contributed by atoms with E-state index in [9.17, 15) is 4.79 Å². The smallest absolute Gasteiger partial charge is 0.243 e. The van der Waals surface area contributed by atoms with Gasteiger partial charge in [-0.25, -0.2) is 4.98 Å². The molecule has 0 saturated heterocycles. The highest BCUT2D eigenvalue weighted by atomic mass is 16.2. The molecule has 0 spiro atoms. The number of benzene rings is 1. The van der Waals surface area contributed by atoms with Crippen LogP contribution < -0.4 is 11.1 Å². The molecule has 108 valence electrons. The molecule has 0 unspecified atom stereocenters. The Bertz CT molecular complexity index is 644. The summed E-state index contributed by atoms with van der Waals surface area (Å²) >= 11 is 0. The van der Waals surface area contributed by atoms with Crippen LogP contribution in [0.25, 0.3) is 11.0 Å². The fourth-order valence-corrected chi connectivity index (χ4v) is 1.73. The molecule has 0 bridgehead atoms. The number of hydrogen-bond donors (Lipinski definition) is 3. The molecule has 1 amide bonds. The number of fused-ring (bicyclic) bond motifs is 1. The second-order valence-electron chi connectivity index (χ2n) is 6.74. The predicted octanol–water partition coefficient (Wildman–Crippen LogP) is 2.54. The molecule has 1 aromatic heterocycles. The molecule has 0 saturated carbocycles. The molecule has 5 nitrogen and oxygen atoms in total. The maximum atomic E-state index is 11.9. The van der Waals surface area contributed by atoms with Crippen LogP contribution in [0.2, 0.25) is 0 Å². The Morgan fingerprint density at radius 3 is 2.45 bits per heavy atom. The topological polar surface area (TPSA) is 83.8 Å². The van der Waals surface area contributed by atoms with E-state index in [1.807, 2.05) is 18.2 Å². The van der Waals surface area contributed by atoms with Crippen LogP contribution in [0.15, 0.2) is 18.2 Å². The van der Waals surface area contributed by atoms with Crippen LogP contribution in [0.3, 0.4) is 0 Å². The van der Waals surface area contributed by atoms with Crippen LogP contribution in [-0.4, -0.2) is 21.4 Å². The van der Waals surface area contributed by atoms with E-state index >= 15 is 0 Å². The van der Waals surface area contributed by atoms with Crippen molar-refractivity contribution >= 4 is 22.6 Å². The number of carbonyl (C=O) groups excluding carboxylic acids is 1. The molecule has 0 aliphatic carbocycles. The SMILES string of the molecule is CC(C)(N)C(=O)Nc1ccc2nc(C(C)(C)C)[nH]c2c1. The van der Waals surface area contributed by atoms with E-state index in [0.717, 1.165) is 16.9 Å². The molecule has 4 N–H and O–H groups in total. The lowest BCUT2D eigenvalue weighted by atomic mass is 9.96. The first-order chi connectivity index (χ1) is 9.07. The van der Waals surface area contributed by atoms with Crippen LogP contribution in [0.1, 0.15) is 40.4 Å². The first-order valence-electron chi connectivity index (χ1n) is 6.68. The molecule has 0 fully saturated rings. The number of anilines is 1. The van der Waals surface area contributed by atoms with Crippen LogP contribution >= 0.6 is 0 Å². The number of aromatic nitrogens is 2. The van der Waals surface area contributed by atoms with E-state index in [2.05, 4.69) is 36.1 Å².